The van der Waals surface area contributed by atoms with E-state index in [1.807, 2.05) is 4.90 Å². The summed E-state index contributed by atoms with van der Waals surface area (Å²) < 4.78 is 37.2. The van der Waals surface area contributed by atoms with E-state index >= 15 is 0 Å². The summed E-state index contributed by atoms with van der Waals surface area (Å²) in [6.45, 7) is 1.23. The van der Waals surface area contributed by atoms with E-state index in [0.29, 0.717) is 5.56 Å². The molecule has 2 rings (SSSR count). The first kappa shape index (κ1) is 18.7. The van der Waals surface area contributed by atoms with Crippen LogP contribution in [-0.2, 0) is 6.54 Å². The summed E-state index contributed by atoms with van der Waals surface area (Å²) in [4.78, 5) is 15.7. The van der Waals surface area contributed by atoms with Crippen molar-refractivity contribution in [3.63, 3.8) is 0 Å². The van der Waals surface area contributed by atoms with Crippen molar-refractivity contribution in [1.82, 2.24) is 9.80 Å². The highest BCUT2D eigenvalue weighted by atomic mass is 19.4. The average Bonchev–Trinajstić information content (AvgIpc) is 2.54. The van der Waals surface area contributed by atoms with Gasteiger partial charge in [-0.15, -0.1) is 0 Å². The molecule has 1 unspecified atom stereocenters. The summed E-state index contributed by atoms with van der Waals surface area (Å²) >= 11 is 0. The third kappa shape index (κ3) is 5.21. The van der Waals surface area contributed by atoms with Crippen LogP contribution in [0.2, 0.25) is 0 Å². The van der Waals surface area contributed by atoms with Crippen LogP contribution in [0.3, 0.4) is 0 Å². The summed E-state index contributed by atoms with van der Waals surface area (Å²) in [5.74, 6) is -0.0328. The Bertz CT molecular complexity index is 557. The lowest BCUT2D eigenvalue weighted by Gasteiger charge is -2.27. The lowest BCUT2D eigenvalue weighted by Crippen LogP contribution is -2.39. The second-order valence-corrected chi connectivity index (χ2v) is 6.31. The first-order valence-electron chi connectivity index (χ1n) is 8.09. The van der Waals surface area contributed by atoms with Gasteiger partial charge in [0.15, 0.2) is 6.10 Å². The number of likely N-dealkylation sites (tertiary alicyclic amines) is 1. The number of halogens is 3. The van der Waals surface area contributed by atoms with E-state index in [2.05, 4.69) is 0 Å². The normalized spacial score (nSPS) is 17.2. The van der Waals surface area contributed by atoms with Gasteiger partial charge in [-0.2, -0.15) is 13.2 Å². The summed E-state index contributed by atoms with van der Waals surface area (Å²) in [5.41, 5.74) is 1.30. The van der Waals surface area contributed by atoms with Crippen molar-refractivity contribution >= 4 is 5.91 Å². The fourth-order valence-electron chi connectivity index (χ4n) is 2.86. The van der Waals surface area contributed by atoms with Crippen LogP contribution < -0.4 is 0 Å². The molecule has 1 N–H and O–H groups in total. The molecule has 1 amide bonds. The monoisotopic (exact) mass is 344 g/mol. The molecule has 0 spiro atoms. The van der Waals surface area contributed by atoms with Crippen LogP contribution in [0.25, 0.3) is 0 Å². The zero-order valence-electron chi connectivity index (χ0n) is 13.7. The van der Waals surface area contributed by atoms with Gasteiger partial charge in [-0.3, -0.25) is 9.69 Å². The molecular weight excluding hydrogens is 321 g/mol. The fraction of sp³-hybridized carbons (Fsp3) is 0.588. The van der Waals surface area contributed by atoms with Gasteiger partial charge in [0.25, 0.3) is 5.91 Å². The van der Waals surface area contributed by atoms with Crippen LogP contribution in [0.4, 0.5) is 13.2 Å². The molecule has 0 aromatic heterocycles. The van der Waals surface area contributed by atoms with E-state index < -0.39 is 18.8 Å². The number of piperidine rings is 1. The van der Waals surface area contributed by atoms with Gasteiger partial charge in [-0.25, -0.2) is 0 Å². The van der Waals surface area contributed by atoms with E-state index in [0.717, 1.165) is 37.9 Å². The number of amides is 1. The topological polar surface area (TPSA) is 43.8 Å². The van der Waals surface area contributed by atoms with Crippen molar-refractivity contribution in [3.8, 4) is 0 Å². The number of benzene rings is 1. The Morgan fingerprint density at radius 3 is 2.58 bits per heavy atom. The smallest absolute Gasteiger partial charge is 0.382 e. The predicted octanol–water partition coefficient (Wildman–Crippen LogP) is 2.67. The third-order valence-corrected chi connectivity index (χ3v) is 4.13. The molecule has 134 valence electrons. The molecule has 1 aliphatic heterocycles. The Kier molecular flexibility index (Phi) is 6.23. The van der Waals surface area contributed by atoms with Gasteiger partial charge >= 0.3 is 6.18 Å². The molecule has 4 nitrogen and oxygen atoms in total. The molecule has 1 aliphatic rings. The molecule has 24 heavy (non-hydrogen) atoms. The number of rotatable bonds is 5. The number of hydrogen-bond donors (Lipinski definition) is 1. The van der Waals surface area contributed by atoms with Crippen molar-refractivity contribution in [2.75, 3.05) is 26.7 Å². The van der Waals surface area contributed by atoms with Crippen LogP contribution in [0, 0.1) is 0 Å². The SMILES string of the molecule is CN(Cc1cccc(C(=O)N2CCCCC2)c1)CC(O)C(F)(F)F. The van der Waals surface area contributed by atoms with Gasteiger partial charge in [0.1, 0.15) is 0 Å². The maximum absolute atomic E-state index is 12.5. The minimum Gasteiger partial charge on any atom is -0.382 e. The zero-order valence-corrected chi connectivity index (χ0v) is 13.7. The van der Waals surface area contributed by atoms with Gasteiger partial charge in [0.05, 0.1) is 0 Å². The second-order valence-electron chi connectivity index (χ2n) is 6.31. The van der Waals surface area contributed by atoms with E-state index in [4.69, 9.17) is 5.11 Å². The van der Waals surface area contributed by atoms with Gasteiger partial charge in [-0.05, 0) is 44.0 Å². The van der Waals surface area contributed by atoms with Crippen molar-refractivity contribution in [1.29, 1.82) is 0 Å². The number of carbonyl (C=O) groups excluding carboxylic acids is 1. The highest BCUT2D eigenvalue weighted by Gasteiger charge is 2.38. The Labute approximate surface area is 139 Å². The first-order valence-corrected chi connectivity index (χ1v) is 8.09. The second kappa shape index (κ2) is 7.98. The Balaban J connectivity index is 1.98. The molecule has 1 aromatic rings. The zero-order chi connectivity index (χ0) is 17.7. The van der Waals surface area contributed by atoms with Crippen LogP contribution in [-0.4, -0.2) is 59.8 Å². The Morgan fingerprint density at radius 2 is 1.96 bits per heavy atom. The van der Waals surface area contributed by atoms with Gasteiger partial charge in [-0.1, -0.05) is 12.1 Å². The average molecular weight is 344 g/mol. The molecule has 1 saturated heterocycles. The number of aliphatic hydroxyl groups is 1. The number of alkyl halides is 3. The molecule has 1 heterocycles. The van der Waals surface area contributed by atoms with Crippen molar-refractivity contribution in [2.24, 2.45) is 0 Å². The first-order chi connectivity index (χ1) is 11.3. The number of aliphatic hydroxyl groups excluding tert-OH is 1. The molecule has 1 atom stereocenters. The van der Waals surface area contributed by atoms with Crippen LogP contribution in [0.1, 0.15) is 35.2 Å². The third-order valence-electron chi connectivity index (χ3n) is 4.13. The van der Waals surface area contributed by atoms with Gasteiger partial charge < -0.3 is 10.0 Å². The van der Waals surface area contributed by atoms with E-state index in [1.165, 1.54) is 11.9 Å². The molecule has 0 radical (unpaired) electrons. The van der Waals surface area contributed by atoms with Gasteiger partial charge in [0.2, 0.25) is 0 Å². The van der Waals surface area contributed by atoms with E-state index in [1.54, 1.807) is 24.3 Å². The maximum Gasteiger partial charge on any atom is 0.415 e. The Morgan fingerprint density at radius 1 is 1.29 bits per heavy atom. The molecule has 0 aliphatic carbocycles. The van der Waals surface area contributed by atoms with Crippen LogP contribution in [0.15, 0.2) is 24.3 Å². The van der Waals surface area contributed by atoms with E-state index in [-0.39, 0.29) is 12.5 Å². The molecule has 7 heteroatoms. The number of carbonyl (C=O) groups is 1. The van der Waals surface area contributed by atoms with Gasteiger partial charge in [0, 0.05) is 31.7 Å². The number of hydrogen-bond acceptors (Lipinski definition) is 3. The predicted molar refractivity (Wildman–Crippen MR) is 84.6 cm³/mol. The summed E-state index contributed by atoms with van der Waals surface area (Å²) in [6.07, 6.45) is -3.86. The van der Waals surface area contributed by atoms with Crippen molar-refractivity contribution in [3.05, 3.63) is 35.4 Å². The minimum absolute atomic E-state index is 0.0328. The molecule has 1 fully saturated rings. The highest BCUT2D eigenvalue weighted by molar-refractivity contribution is 5.94. The highest BCUT2D eigenvalue weighted by Crippen LogP contribution is 2.21. The van der Waals surface area contributed by atoms with Crippen LogP contribution >= 0.6 is 0 Å². The molecule has 1 aromatic carbocycles. The molecule has 0 bridgehead atoms. The number of likely N-dealkylation sites (N-methyl/N-ethyl adjacent to an activating group) is 1. The lowest BCUT2D eigenvalue weighted by atomic mass is 10.1. The summed E-state index contributed by atoms with van der Waals surface area (Å²) in [6, 6.07) is 6.95. The summed E-state index contributed by atoms with van der Waals surface area (Å²) in [7, 11) is 1.51. The lowest BCUT2D eigenvalue weighted by molar-refractivity contribution is -0.207. The quantitative estimate of drug-likeness (QED) is 0.893. The Hall–Kier alpha value is -1.60. The fourth-order valence-corrected chi connectivity index (χ4v) is 2.86. The van der Waals surface area contributed by atoms with E-state index in [9.17, 15) is 18.0 Å². The van der Waals surface area contributed by atoms with Crippen LogP contribution in [0.5, 0.6) is 0 Å². The van der Waals surface area contributed by atoms with Crippen molar-refractivity contribution in [2.45, 2.75) is 38.1 Å². The largest absolute Gasteiger partial charge is 0.415 e. The summed E-state index contributed by atoms with van der Waals surface area (Å²) in [5, 5.41) is 9.12. The van der Waals surface area contributed by atoms with Crippen molar-refractivity contribution < 1.29 is 23.1 Å². The maximum atomic E-state index is 12.5. The minimum atomic E-state index is -4.62. The molecular formula is C17H23F3N2O2. The molecule has 0 saturated carbocycles. The number of nitrogens with zero attached hydrogens (tertiary/aromatic N) is 2. The standard InChI is InChI=1S/C17H23F3N2O2/c1-21(12-15(23)17(18,19)20)11-13-6-5-7-14(10-13)16(24)22-8-3-2-4-9-22/h5-7,10,15,23H,2-4,8-9,11-12H2,1H3.